The van der Waals surface area contributed by atoms with Crippen LogP contribution in [0, 0.1) is 5.92 Å². The van der Waals surface area contributed by atoms with Crippen LogP contribution in [0.15, 0.2) is 48.5 Å². The van der Waals surface area contributed by atoms with E-state index in [2.05, 4.69) is 17.0 Å². The van der Waals surface area contributed by atoms with Crippen molar-refractivity contribution in [2.45, 2.75) is 25.5 Å². The van der Waals surface area contributed by atoms with Crippen molar-refractivity contribution in [2.24, 2.45) is 5.92 Å². The average molecular weight is 362 g/mol. The van der Waals surface area contributed by atoms with Crippen molar-refractivity contribution in [1.82, 2.24) is 4.90 Å². The van der Waals surface area contributed by atoms with E-state index >= 15 is 0 Å². The second kappa shape index (κ2) is 8.68. The van der Waals surface area contributed by atoms with Crippen LogP contribution in [0.4, 0.5) is 0 Å². The van der Waals surface area contributed by atoms with E-state index < -0.39 is 6.10 Å². The standard InChI is InChI=1S/C20H24ClNO3/c21-17-4-6-18(7-5-17)25-19-3-1-2-15(12-19)13-22-10-8-16(9-11-22)20(24)14-23/h1-7,12,16,20,23-24H,8-11,13-14H2. The van der Waals surface area contributed by atoms with Crippen molar-refractivity contribution < 1.29 is 14.9 Å². The Morgan fingerprint density at radius 2 is 1.80 bits per heavy atom. The molecule has 0 aliphatic carbocycles. The van der Waals surface area contributed by atoms with E-state index in [9.17, 15) is 5.11 Å². The molecule has 2 aromatic rings. The fraction of sp³-hybridized carbons (Fsp3) is 0.400. The summed E-state index contributed by atoms with van der Waals surface area (Å²) < 4.78 is 5.89. The molecular formula is C20H24ClNO3. The summed E-state index contributed by atoms with van der Waals surface area (Å²) in [6.07, 6.45) is 1.25. The van der Waals surface area contributed by atoms with Crippen molar-refractivity contribution in [3.8, 4) is 11.5 Å². The van der Waals surface area contributed by atoms with Crippen LogP contribution in [-0.4, -0.2) is 40.9 Å². The molecule has 1 unspecified atom stereocenters. The highest BCUT2D eigenvalue weighted by Crippen LogP contribution is 2.26. The summed E-state index contributed by atoms with van der Waals surface area (Å²) in [5.74, 6) is 1.78. The number of rotatable bonds is 6. The molecule has 25 heavy (non-hydrogen) atoms. The number of aliphatic hydroxyl groups is 2. The number of nitrogens with zero attached hydrogens (tertiary/aromatic N) is 1. The lowest BCUT2D eigenvalue weighted by molar-refractivity contribution is 0.0172. The molecule has 0 saturated carbocycles. The van der Waals surface area contributed by atoms with Gasteiger partial charge in [-0.2, -0.15) is 0 Å². The second-order valence-corrected chi connectivity index (χ2v) is 7.00. The Hall–Kier alpha value is -1.59. The molecule has 5 heteroatoms. The van der Waals surface area contributed by atoms with Crippen molar-refractivity contribution in [3.05, 3.63) is 59.1 Å². The molecule has 1 aliphatic rings. The van der Waals surface area contributed by atoms with E-state index in [-0.39, 0.29) is 12.5 Å². The smallest absolute Gasteiger partial charge is 0.127 e. The fourth-order valence-corrected chi connectivity index (χ4v) is 3.38. The van der Waals surface area contributed by atoms with E-state index in [4.69, 9.17) is 21.4 Å². The van der Waals surface area contributed by atoms with E-state index in [0.717, 1.165) is 44.0 Å². The Labute approximate surface area is 153 Å². The highest BCUT2D eigenvalue weighted by molar-refractivity contribution is 6.30. The minimum atomic E-state index is -0.585. The lowest BCUT2D eigenvalue weighted by Gasteiger charge is -2.33. The van der Waals surface area contributed by atoms with Crippen LogP contribution < -0.4 is 4.74 Å². The van der Waals surface area contributed by atoms with Crippen LogP contribution in [0.2, 0.25) is 5.02 Å². The topological polar surface area (TPSA) is 52.9 Å². The number of piperidine rings is 1. The van der Waals surface area contributed by atoms with Crippen LogP contribution in [-0.2, 0) is 6.54 Å². The van der Waals surface area contributed by atoms with Crippen molar-refractivity contribution in [2.75, 3.05) is 19.7 Å². The third kappa shape index (κ3) is 5.19. The molecule has 3 rings (SSSR count). The SMILES string of the molecule is OCC(O)C1CCN(Cc2cccc(Oc3ccc(Cl)cc3)c2)CC1. The monoisotopic (exact) mass is 361 g/mol. The van der Waals surface area contributed by atoms with Crippen molar-refractivity contribution in [1.29, 1.82) is 0 Å². The average Bonchev–Trinajstić information content (AvgIpc) is 2.64. The number of halogens is 1. The maximum absolute atomic E-state index is 9.76. The molecule has 0 bridgehead atoms. The van der Waals surface area contributed by atoms with Gasteiger partial charge in [-0.25, -0.2) is 0 Å². The third-order valence-corrected chi connectivity index (χ3v) is 4.97. The third-order valence-electron chi connectivity index (χ3n) is 4.72. The van der Waals surface area contributed by atoms with Gasteiger partial charge >= 0.3 is 0 Å². The van der Waals surface area contributed by atoms with Crippen LogP contribution in [0.25, 0.3) is 0 Å². The second-order valence-electron chi connectivity index (χ2n) is 6.57. The molecule has 1 atom stereocenters. The Morgan fingerprint density at radius 1 is 1.08 bits per heavy atom. The molecule has 1 heterocycles. The summed E-state index contributed by atoms with van der Waals surface area (Å²) in [6, 6.07) is 15.4. The summed E-state index contributed by atoms with van der Waals surface area (Å²) in [5, 5.41) is 19.5. The number of aliphatic hydroxyl groups excluding tert-OH is 2. The number of hydrogen-bond donors (Lipinski definition) is 2. The Morgan fingerprint density at radius 3 is 2.48 bits per heavy atom. The van der Waals surface area contributed by atoms with Crippen molar-refractivity contribution >= 4 is 11.6 Å². The van der Waals surface area contributed by atoms with Gasteiger partial charge in [0.1, 0.15) is 11.5 Å². The van der Waals surface area contributed by atoms with Crippen LogP contribution >= 0.6 is 11.6 Å². The first-order valence-electron chi connectivity index (χ1n) is 8.67. The Bertz CT molecular complexity index is 669. The van der Waals surface area contributed by atoms with Gasteiger partial charge in [0.05, 0.1) is 12.7 Å². The predicted octanol–water partition coefficient (Wildman–Crippen LogP) is 3.70. The normalized spacial score (nSPS) is 17.4. The summed E-state index contributed by atoms with van der Waals surface area (Å²) in [4.78, 5) is 2.38. The highest BCUT2D eigenvalue weighted by atomic mass is 35.5. The lowest BCUT2D eigenvalue weighted by atomic mass is 9.91. The summed E-state index contributed by atoms with van der Waals surface area (Å²) in [5.41, 5.74) is 1.20. The number of hydrogen-bond acceptors (Lipinski definition) is 4. The minimum absolute atomic E-state index is 0.144. The lowest BCUT2D eigenvalue weighted by Crippen LogP contribution is -2.38. The van der Waals surface area contributed by atoms with Crippen LogP contribution in [0.3, 0.4) is 0 Å². The van der Waals surface area contributed by atoms with Gasteiger partial charge in [0.2, 0.25) is 0 Å². The molecule has 0 radical (unpaired) electrons. The maximum Gasteiger partial charge on any atom is 0.127 e. The molecule has 1 aliphatic heterocycles. The van der Waals surface area contributed by atoms with Gasteiger partial charge in [0.15, 0.2) is 0 Å². The summed E-state index contributed by atoms with van der Waals surface area (Å²) in [7, 11) is 0. The zero-order valence-corrected chi connectivity index (χ0v) is 14.9. The fourth-order valence-electron chi connectivity index (χ4n) is 3.25. The number of benzene rings is 2. The minimum Gasteiger partial charge on any atom is -0.457 e. The van der Waals surface area contributed by atoms with Gasteiger partial charge in [0, 0.05) is 11.6 Å². The van der Waals surface area contributed by atoms with E-state index in [1.165, 1.54) is 5.56 Å². The molecule has 0 amide bonds. The molecule has 0 spiro atoms. The number of likely N-dealkylation sites (tertiary alicyclic amines) is 1. The first-order chi connectivity index (χ1) is 12.1. The predicted molar refractivity (Wildman–Crippen MR) is 99.1 cm³/mol. The van der Waals surface area contributed by atoms with Crippen molar-refractivity contribution in [3.63, 3.8) is 0 Å². The first-order valence-corrected chi connectivity index (χ1v) is 9.05. The Balaban J connectivity index is 1.56. The van der Waals surface area contributed by atoms with Gasteiger partial charge < -0.3 is 14.9 Å². The quantitative estimate of drug-likeness (QED) is 0.823. The van der Waals surface area contributed by atoms with Crippen LogP contribution in [0.5, 0.6) is 11.5 Å². The van der Waals surface area contributed by atoms with Gasteiger partial charge in [0.25, 0.3) is 0 Å². The summed E-state index contributed by atoms with van der Waals surface area (Å²) >= 11 is 5.90. The Kier molecular flexibility index (Phi) is 6.32. The van der Waals surface area contributed by atoms with Gasteiger partial charge in [-0.05, 0) is 73.8 Å². The molecular weight excluding hydrogens is 338 g/mol. The van der Waals surface area contributed by atoms with E-state index in [1.807, 2.05) is 36.4 Å². The molecule has 0 aromatic heterocycles. The molecule has 1 saturated heterocycles. The molecule has 2 aromatic carbocycles. The number of ether oxygens (including phenoxy) is 1. The van der Waals surface area contributed by atoms with Gasteiger partial charge in [-0.3, -0.25) is 4.90 Å². The molecule has 134 valence electrons. The largest absolute Gasteiger partial charge is 0.457 e. The zero-order chi connectivity index (χ0) is 17.6. The zero-order valence-electron chi connectivity index (χ0n) is 14.1. The molecule has 4 nitrogen and oxygen atoms in total. The highest BCUT2D eigenvalue weighted by Gasteiger charge is 2.24. The molecule has 1 fully saturated rings. The van der Waals surface area contributed by atoms with Gasteiger partial charge in [-0.15, -0.1) is 0 Å². The molecule has 2 N–H and O–H groups in total. The van der Waals surface area contributed by atoms with E-state index in [1.54, 1.807) is 0 Å². The maximum atomic E-state index is 9.76. The van der Waals surface area contributed by atoms with E-state index in [0.29, 0.717) is 5.02 Å². The summed E-state index contributed by atoms with van der Waals surface area (Å²) in [6.45, 7) is 2.59. The first kappa shape index (κ1) is 18.2. The van der Waals surface area contributed by atoms with Gasteiger partial charge in [-0.1, -0.05) is 23.7 Å². The van der Waals surface area contributed by atoms with Crippen LogP contribution in [0.1, 0.15) is 18.4 Å².